The lowest BCUT2D eigenvalue weighted by atomic mass is 10.1. The van der Waals surface area contributed by atoms with Gasteiger partial charge in [0.2, 0.25) is 11.9 Å². The Balaban J connectivity index is 1.42. The van der Waals surface area contributed by atoms with E-state index in [9.17, 15) is 45.4 Å². The quantitative estimate of drug-likeness (QED) is 0.0129. The Morgan fingerprint density at radius 2 is 1.43 bits per heavy atom. The van der Waals surface area contributed by atoms with Gasteiger partial charge in [-0.1, -0.05) is 16.7 Å². The number of nitrogens with one attached hydrogen (secondary N) is 6. The minimum absolute atomic E-state index is 0.0343. The SMILES string of the molecule is C=C1CC(C)NC(NC(=O)Nc2ccc(SOOO)c(/N=N/c3c(S(=O)(=O)O)cc4cc(SOOO)c(/N=N/c5cc(NC(=O)Nc6nc(=O)cc(C)[nH]6)ccc5S(=O)(=O)O)c(O)c4c3N)c2)=N1. The van der Waals surface area contributed by atoms with Crippen molar-refractivity contribution in [3.63, 3.8) is 0 Å². The number of aromatic hydroxyl groups is 1. The summed E-state index contributed by atoms with van der Waals surface area (Å²) in [7, 11) is -10.3. The molecule has 4 aromatic carbocycles. The number of amides is 4. The van der Waals surface area contributed by atoms with Gasteiger partial charge in [0, 0.05) is 41.3 Å². The monoisotopic (exact) mass is 1020 g/mol. The zero-order valence-corrected chi connectivity index (χ0v) is 37.6. The summed E-state index contributed by atoms with van der Waals surface area (Å²) in [4.78, 5) is 45.7. The number of anilines is 4. The highest BCUT2D eigenvalue weighted by Crippen LogP contribution is 2.50. The van der Waals surface area contributed by atoms with Crippen LogP contribution in [0.1, 0.15) is 19.0 Å². The van der Waals surface area contributed by atoms with Gasteiger partial charge in [-0.05, 0) is 67.8 Å². The van der Waals surface area contributed by atoms with Crippen LogP contribution in [0.5, 0.6) is 5.75 Å². The third-order valence-corrected chi connectivity index (χ3v) is 11.7. The molecule has 29 nitrogen and oxygen atoms in total. The first kappa shape index (κ1) is 50.3. The van der Waals surface area contributed by atoms with Crippen LogP contribution in [-0.2, 0) is 39.0 Å². The number of aryl methyl sites for hydroxylation is 1. The maximum Gasteiger partial charge on any atom is 0.326 e. The normalized spacial score (nSPS) is 14.2. The number of guanidine groups is 1. The van der Waals surface area contributed by atoms with Gasteiger partial charge in [0.05, 0.1) is 45.0 Å². The lowest BCUT2D eigenvalue weighted by Crippen LogP contribution is -2.48. The van der Waals surface area contributed by atoms with Crippen molar-refractivity contribution in [1.29, 1.82) is 0 Å². The van der Waals surface area contributed by atoms with Crippen LogP contribution >= 0.6 is 24.1 Å². The second kappa shape index (κ2) is 21.2. The number of aliphatic imine (C=N–C) groups is 1. The van der Waals surface area contributed by atoms with E-state index in [0.29, 0.717) is 29.9 Å². The number of carbonyl (C=O) groups is 2. The van der Waals surface area contributed by atoms with Gasteiger partial charge >= 0.3 is 12.1 Å². The summed E-state index contributed by atoms with van der Waals surface area (Å²) in [5.41, 5.74) is 3.62. The van der Waals surface area contributed by atoms with Crippen LogP contribution in [0, 0.1) is 6.92 Å². The smallest absolute Gasteiger partial charge is 0.326 e. The third kappa shape index (κ3) is 12.6. The Morgan fingerprint density at radius 1 is 0.824 bits per heavy atom. The molecule has 0 radical (unpaired) electrons. The lowest BCUT2D eigenvalue weighted by molar-refractivity contribution is -0.432. The fraction of sp³-hybridized carbons (Fsp3) is 0.114. The number of benzene rings is 4. The van der Waals surface area contributed by atoms with Gasteiger partial charge in [0.25, 0.3) is 25.8 Å². The van der Waals surface area contributed by atoms with Crippen molar-refractivity contribution in [2.45, 2.75) is 45.9 Å². The number of carbonyl (C=O) groups excluding carboxylic acids is 2. The Morgan fingerprint density at radius 3 is 2.06 bits per heavy atom. The molecule has 1 aliphatic rings. The predicted molar refractivity (Wildman–Crippen MR) is 240 cm³/mol. The first-order valence-corrected chi connectivity index (χ1v) is 22.7. The number of phenolic OH excluding ortho intramolecular Hbond substituents is 1. The number of hydrogen-bond donors (Lipinski definition) is 12. The number of nitrogen functional groups attached to an aromatic ring is 1. The molecule has 0 saturated carbocycles. The molecule has 6 rings (SSSR count). The molecule has 0 bridgehead atoms. The Kier molecular flexibility index (Phi) is 15.7. The first-order valence-electron chi connectivity index (χ1n) is 18.4. The van der Waals surface area contributed by atoms with E-state index in [2.05, 4.69) is 87.3 Å². The molecule has 1 unspecified atom stereocenters. The Labute approximate surface area is 389 Å². The lowest BCUT2D eigenvalue weighted by Gasteiger charge is -2.22. The van der Waals surface area contributed by atoms with E-state index in [0.717, 1.165) is 30.3 Å². The van der Waals surface area contributed by atoms with Gasteiger partial charge < -0.3 is 31.8 Å². The van der Waals surface area contributed by atoms with Crippen molar-refractivity contribution in [2.24, 2.45) is 25.4 Å². The van der Waals surface area contributed by atoms with Crippen molar-refractivity contribution < 1.29 is 69.9 Å². The summed E-state index contributed by atoms with van der Waals surface area (Å²) < 4.78 is 79.7. The van der Waals surface area contributed by atoms with Gasteiger partial charge in [0.1, 0.15) is 32.5 Å². The summed E-state index contributed by atoms with van der Waals surface area (Å²) >= 11 is 0.544. The van der Waals surface area contributed by atoms with Crippen molar-refractivity contribution in [1.82, 2.24) is 20.6 Å². The van der Waals surface area contributed by atoms with Gasteiger partial charge in [0.15, 0.2) is 5.75 Å². The summed E-state index contributed by atoms with van der Waals surface area (Å²) in [6.45, 7) is 7.19. The number of nitrogens with two attached hydrogens (primary N) is 1. The van der Waals surface area contributed by atoms with E-state index in [1.54, 1.807) is 0 Å². The third-order valence-electron chi connectivity index (χ3n) is 8.66. The van der Waals surface area contributed by atoms with E-state index >= 15 is 0 Å². The molecule has 358 valence electrons. The predicted octanol–water partition coefficient (Wildman–Crippen LogP) is 6.72. The van der Waals surface area contributed by atoms with Crippen molar-refractivity contribution in [3.8, 4) is 5.75 Å². The standard InChI is InChI=1S/C35H33N13O16S4/c1-14-8-15(2)38-32(37-14)43-34(51)40-18-4-6-22(65-63-61-53)20(12-18)45-48-30-25(68(58,59)60)11-17-10-23(66-64-62-54)29(31(50)27(17)28(30)36)47-46-21-13-19(5-7-24(21)67(55,56)57)41-35(52)44-33-39-16(3)9-26(49)42-33/h4-7,9-13,15,50,53-54H,1,8,36H2,2-3H3,(H,55,56,57)(H,58,59,60)(H3,37,38,40,43,51)(H3,39,41,42,44,49,52)/b47-46+,48-45+. The minimum Gasteiger partial charge on any atom is -0.505 e. The summed E-state index contributed by atoms with van der Waals surface area (Å²) in [5, 5.41) is 64.5. The van der Waals surface area contributed by atoms with Gasteiger partial charge in [-0.15, -0.1) is 29.1 Å². The number of H-pyrrole nitrogens is 1. The topological polar surface area (TPSA) is 434 Å². The van der Waals surface area contributed by atoms with Crippen LogP contribution in [0.2, 0.25) is 0 Å². The van der Waals surface area contributed by atoms with Crippen LogP contribution in [0.25, 0.3) is 10.8 Å². The van der Waals surface area contributed by atoms with Gasteiger partial charge in [-0.2, -0.15) is 21.8 Å². The number of aromatic amines is 1. The molecule has 0 saturated heterocycles. The number of nitrogens with zero attached hydrogens (tertiary/aromatic N) is 6. The molecule has 0 fully saturated rings. The first-order chi connectivity index (χ1) is 32.1. The molecule has 5 aromatic rings. The number of fused-ring (bicyclic) bond motifs is 1. The Hall–Kier alpha value is -7.15. The van der Waals surface area contributed by atoms with Crippen LogP contribution in [0.3, 0.4) is 0 Å². The zero-order chi connectivity index (χ0) is 49.5. The molecular weight excluding hydrogens is 987 g/mol. The second-order valence-electron chi connectivity index (χ2n) is 13.7. The number of urea groups is 2. The second-order valence-corrected chi connectivity index (χ2v) is 17.9. The van der Waals surface area contributed by atoms with E-state index in [1.807, 2.05) is 6.92 Å². The number of azo groups is 2. The fourth-order valence-electron chi connectivity index (χ4n) is 6.03. The highest BCUT2D eigenvalue weighted by atomic mass is 32.2. The number of rotatable bonds is 15. The maximum atomic E-state index is 12.9. The van der Waals surface area contributed by atoms with Gasteiger partial charge in [-0.3, -0.25) is 24.5 Å². The number of aromatic nitrogens is 2. The molecule has 0 aliphatic carbocycles. The van der Waals surface area contributed by atoms with Crippen LogP contribution in [-0.4, -0.2) is 75.6 Å². The molecule has 2 heterocycles. The summed E-state index contributed by atoms with van der Waals surface area (Å²) in [6, 6.07) is 7.96. The van der Waals surface area contributed by atoms with Crippen LogP contribution in [0.4, 0.5) is 55.3 Å². The molecular formula is C35H33N13O16S4. The highest BCUT2D eigenvalue weighted by Gasteiger charge is 2.27. The average Bonchev–Trinajstić information content (AvgIpc) is 3.23. The van der Waals surface area contributed by atoms with Crippen molar-refractivity contribution in [2.75, 3.05) is 21.7 Å². The largest absolute Gasteiger partial charge is 0.505 e. The molecule has 4 amide bonds. The zero-order valence-electron chi connectivity index (χ0n) is 34.3. The maximum absolute atomic E-state index is 12.9. The number of phenols is 1. The van der Waals surface area contributed by atoms with Crippen LogP contribution in [0.15, 0.2) is 117 Å². The molecule has 33 heteroatoms. The van der Waals surface area contributed by atoms with E-state index in [4.69, 9.17) is 16.2 Å². The molecule has 13 N–H and O–H groups in total. The molecule has 1 aliphatic heterocycles. The minimum atomic E-state index is -5.24. The molecule has 1 atom stereocenters. The van der Waals surface area contributed by atoms with Gasteiger partial charge in [-0.25, -0.2) is 25.1 Å². The molecule has 1 aromatic heterocycles. The molecule has 68 heavy (non-hydrogen) atoms. The number of hydrogen-bond acceptors (Lipinski definition) is 24. The highest BCUT2D eigenvalue weighted by molar-refractivity contribution is 7.95. The van der Waals surface area contributed by atoms with Crippen LogP contribution < -0.4 is 37.9 Å². The molecule has 0 spiro atoms. The fourth-order valence-corrected chi connectivity index (χ4v) is 8.22. The Bertz CT molecular complexity index is 3230. The van der Waals surface area contributed by atoms with E-state index < -0.39 is 81.5 Å². The van der Waals surface area contributed by atoms with Crippen molar-refractivity contribution >= 4 is 119 Å². The van der Waals surface area contributed by atoms with E-state index in [1.165, 1.54) is 31.2 Å². The average molecular weight is 1020 g/mol. The summed E-state index contributed by atoms with van der Waals surface area (Å²) in [5.74, 6) is -1.06. The summed E-state index contributed by atoms with van der Waals surface area (Å²) in [6.07, 6.45) is 0.542. The van der Waals surface area contributed by atoms with E-state index in [-0.39, 0.29) is 62.2 Å². The van der Waals surface area contributed by atoms with Crippen molar-refractivity contribution in [3.05, 3.63) is 82.9 Å².